The molecule has 4 rings (SSSR count). The summed E-state index contributed by atoms with van der Waals surface area (Å²) in [6, 6.07) is 13.7. The van der Waals surface area contributed by atoms with Gasteiger partial charge in [-0.15, -0.1) is 0 Å². The van der Waals surface area contributed by atoms with Gasteiger partial charge in [0.1, 0.15) is 11.4 Å². The number of carbonyl (C=O) groups excluding carboxylic acids is 1. The van der Waals surface area contributed by atoms with Crippen LogP contribution >= 0.6 is 11.6 Å². The van der Waals surface area contributed by atoms with E-state index >= 15 is 0 Å². The van der Waals surface area contributed by atoms with E-state index in [-0.39, 0.29) is 23.7 Å². The molecule has 1 aliphatic rings. The standard InChI is InChI=1S/C28H28ClF4N3O/c1-18-7-10-24(11-8-18)35-26(37)36-27(16-19-5-3-2-4-6-19,25-12-9-22(29)17-34-25)20-13-21(28(31,32)33)15-23(30)14-20/h2-6,9,12-15,17-18,24H,7-8,10-11,16H2,1H3,(H2,35,36,37)/t18?,24?,27-/m1/s1. The monoisotopic (exact) mass is 533 g/mol. The lowest BCUT2D eigenvalue weighted by molar-refractivity contribution is -0.137. The highest BCUT2D eigenvalue weighted by Gasteiger charge is 2.41. The molecule has 0 radical (unpaired) electrons. The van der Waals surface area contributed by atoms with Gasteiger partial charge in [-0.1, -0.05) is 48.9 Å². The van der Waals surface area contributed by atoms with Crippen LogP contribution in [0.4, 0.5) is 22.4 Å². The molecule has 196 valence electrons. The van der Waals surface area contributed by atoms with E-state index in [1.54, 1.807) is 30.3 Å². The van der Waals surface area contributed by atoms with Gasteiger partial charge in [-0.2, -0.15) is 13.2 Å². The first-order valence-corrected chi connectivity index (χ1v) is 12.6. The Hall–Kier alpha value is -3.13. The molecule has 0 bridgehead atoms. The number of carbonyl (C=O) groups is 1. The first kappa shape index (κ1) is 26.9. The zero-order chi connectivity index (χ0) is 26.6. The highest BCUT2D eigenvalue weighted by molar-refractivity contribution is 6.30. The minimum atomic E-state index is -4.79. The van der Waals surface area contributed by atoms with Crippen molar-refractivity contribution in [3.05, 3.63) is 100 Å². The van der Waals surface area contributed by atoms with Gasteiger partial charge in [-0.05, 0) is 73.1 Å². The maximum atomic E-state index is 14.7. The van der Waals surface area contributed by atoms with Crippen LogP contribution in [-0.4, -0.2) is 17.1 Å². The van der Waals surface area contributed by atoms with Crippen LogP contribution in [0.3, 0.4) is 0 Å². The van der Waals surface area contributed by atoms with Crippen LogP contribution in [0.25, 0.3) is 0 Å². The Kier molecular flexibility index (Phi) is 8.07. The third kappa shape index (κ3) is 6.60. The molecule has 1 atom stereocenters. The largest absolute Gasteiger partial charge is 0.416 e. The van der Waals surface area contributed by atoms with Crippen LogP contribution in [0.15, 0.2) is 66.9 Å². The summed E-state index contributed by atoms with van der Waals surface area (Å²) in [5, 5.41) is 6.19. The summed E-state index contributed by atoms with van der Waals surface area (Å²) in [6.45, 7) is 2.16. The Morgan fingerprint density at radius 3 is 2.30 bits per heavy atom. The summed E-state index contributed by atoms with van der Waals surface area (Å²) in [4.78, 5) is 17.8. The molecule has 1 aliphatic carbocycles. The van der Waals surface area contributed by atoms with Gasteiger partial charge in [0.15, 0.2) is 0 Å². The molecule has 0 spiro atoms. The van der Waals surface area contributed by atoms with E-state index in [2.05, 4.69) is 22.5 Å². The molecule has 3 aromatic rings. The van der Waals surface area contributed by atoms with Gasteiger partial charge in [0.2, 0.25) is 0 Å². The van der Waals surface area contributed by atoms with Gasteiger partial charge >= 0.3 is 12.2 Å². The SMILES string of the molecule is CC1CCC(NC(=O)N[C@](Cc2ccccc2)(c2cc(F)cc(C(F)(F)F)c2)c2ccc(Cl)cn2)CC1. The van der Waals surface area contributed by atoms with Crippen molar-refractivity contribution in [2.75, 3.05) is 0 Å². The summed E-state index contributed by atoms with van der Waals surface area (Å²) >= 11 is 6.05. The molecule has 1 fully saturated rings. The number of alkyl halides is 3. The number of nitrogens with zero attached hydrogens (tertiary/aromatic N) is 1. The van der Waals surface area contributed by atoms with Gasteiger partial charge in [0, 0.05) is 18.7 Å². The third-order valence-corrected chi connectivity index (χ3v) is 7.10. The first-order chi connectivity index (χ1) is 17.5. The maximum Gasteiger partial charge on any atom is 0.416 e. The van der Waals surface area contributed by atoms with Gasteiger partial charge in [0.25, 0.3) is 0 Å². The molecule has 2 amide bonds. The first-order valence-electron chi connectivity index (χ1n) is 12.2. The molecule has 4 nitrogen and oxygen atoms in total. The molecule has 1 aromatic heterocycles. The number of amides is 2. The lowest BCUT2D eigenvalue weighted by Crippen LogP contribution is -2.54. The fourth-order valence-electron chi connectivity index (χ4n) is 4.87. The number of pyridine rings is 1. The highest BCUT2D eigenvalue weighted by Crippen LogP contribution is 2.38. The molecule has 1 saturated carbocycles. The smallest absolute Gasteiger partial charge is 0.335 e. The topological polar surface area (TPSA) is 54.0 Å². The predicted octanol–water partition coefficient (Wildman–Crippen LogP) is 7.26. The van der Waals surface area contributed by atoms with Crippen molar-refractivity contribution in [2.45, 2.75) is 56.8 Å². The average molecular weight is 534 g/mol. The Labute approximate surface area is 218 Å². The second kappa shape index (κ2) is 11.1. The Bertz CT molecular complexity index is 1210. The summed E-state index contributed by atoms with van der Waals surface area (Å²) in [6.07, 6.45) is 0.134. The summed E-state index contributed by atoms with van der Waals surface area (Å²) in [7, 11) is 0. The van der Waals surface area contributed by atoms with Gasteiger partial charge in [-0.25, -0.2) is 9.18 Å². The van der Waals surface area contributed by atoms with E-state index in [9.17, 15) is 22.4 Å². The number of urea groups is 1. The molecule has 1 heterocycles. The molecule has 37 heavy (non-hydrogen) atoms. The van der Waals surface area contributed by atoms with E-state index in [1.165, 1.54) is 18.3 Å². The van der Waals surface area contributed by atoms with Gasteiger partial charge in [0.05, 0.1) is 16.3 Å². The maximum absolute atomic E-state index is 14.7. The number of halogens is 5. The Morgan fingerprint density at radius 1 is 1.00 bits per heavy atom. The molecule has 2 N–H and O–H groups in total. The van der Waals surface area contributed by atoms with Crippen molar-refractivity contribution in [3.63, 3.8) is 0 Å². The molecular weight excluding hydrogens is 506 g/mol. The van der Waals surface area contributed by atoms with E-state index in [4.69, 9.17) is 11.6 Å². The fraction of sp³-hybridized carbons (Fsp3) is 0.357. The van der Waals surface area contributed by atoms with Crippen LogP contribution in [0.5, 0.6) is 0 Å². The third-order valence-electron chi connectivity index (χ3n) is 6.87. The molecule has 2 aromatic carbocycles. The lowest BCUT2D eigenvalue weighted by Gasteiger charge is -2.37. The van der Waals surface area contributed by atoms with Gasteiger partial charge < -0.3 is 10.6 Å². The minimum absolute atomic E-state index is 0.0261. The zero-order valence-corrected chi connectivity index (χ0v) is 21.0. The minimum Gasteiger partial charge on any atom is -0.335 e. The molecule has 0 unspecified atom stereocenters. The molecule has 0 saturated heterocycles. The van der Waals surface area contributed by atoms with Crippen molar-refractivity contribution in [1.82, 2.24) is 15.6 Å². The van der Waals surface area contributed by atoms with Crippen LogP contribution in [0.2, 0.25) is 5.02 Å². The summed E-state index contributed by atoms with van der Waals surface area (Å²) in [5.41, 5.74) is -1.92. The van der Waals surface area contributed by atoms with Crippen molar-refractivity contribution in [3.8, 4) is 0 Å². The highest BCUT2D eigenvalue weighted by atomic mass is 35.5. The second-order valence-electron chi connectivity index (χ2n) is 9.71. The Morgan fingerprint density at radius 2 is 1.68 bits per heavy atom. The number of aromatic nitrogens is 1. The fourth-order valence-corrected chi connectivity index (χ4v) is 4.98. The number of benzene rings is 2. The van der Waals surface area contributed by atoms with Crippen molar-refractivity contribution in [1.29, 1.82) is 0 Å². The Balaban J connectivity index is 1.84. The van der Waals surface area contributed by atoms with Crippen LogP contribution in [0, 0.1) is 11.7 Å². The van der Waals surface area contributed by atoms with Crippen LogP contribution < -0.4 is 10.6 Å². The summed E-state index contributed by atoms with van der Waals surface area (Å²) in [5.74, 6) is -0.496. The number of rotatable bonds is 6. The van der Waals surface area contributed by atoms with E-state index < -0.39 is 29.1 Å². The molecular formula is C28H28ClF4N3O. The average Bonchev–Trinajstić information content (AvgIpc) is 2.85. The van der Waals surface area contributed by atoms with Crippen LogP contribution in [-0.2, 0) is 18.1 Å². The zero-order valence-electron chi connectivity index (χ0n) is 20.3. The van der Waals surface area contributed by atoms with Crippen LogP contribution in [0.1, 0.15) is 55.0 Å². The van der Waals surface area contributed by atoms with Gasteiger partial charge in [-0.3, -0.25) is 4.98 Å². The van der Waals surface area contributed by atoms with Crippen molar-refractivity contribution < 1.29 is 22.4 Å². The number of hydrogen-bond donors (Lipinski definition) is 2. The summed E-state index contributed by atoms with van der Waals surface area (Å²) < 4.78 is 55.8. The second-order valence-corrected chi connectivity index (χ2v) is 10.1. The molecule has 9 heteroatoms. The number of hydrogen-bond acceptors (Lipinski definition) is 2. The predicted molar refractivity (Wildman–Crippen MR) is 135 cm³/mol. The normalized spacial score (nSPS) is 19.6. The van der Waals surface area contributed by atoms with Crippen molar-refractivity contribution >= 4 is 17.6 Å². The quantitative estimate of drug-likeness (QED) is 0.328. The van der Waals surface area contributed by atoms with E-state index in [0.717, 1.165) is 37.8 Å². The lowest BCUT2D eigenvalue weighted by atomic mass is 9.79. The molecule has 0 aliphatic heterocycles. The van der Waals surface area contributed by atoms with Crippen molar-refractivity contribution in [2.24, 2.45) is 5.92 Å². The van der Waals surface area contributed by atoms with E-state index in [0.29, 0.717) is 22.6 Å². The van der Waals surface area contributed by atoms with E-state index in [1.807, 2.05) is 0 Å². The number of nitrogens with one attached hydrogen (secondary N) is 2.